The molecule has 0 N–H and O–H groups in total. The summed E-state index contributed by atoms with van der Waals surface area (Å²) in [5.41, 5.74) is 3.19. The molecule has 1 heterocycles. The van der Waals surface area contributed by atoms with E-state index in [2.05, 4.69) is 34.1 Å². The lowest BCUT2D eigenvalue weighted by Crippen LogP contribution is -1.98. The Balaban J connectivity index is 1.87. The molecule has 0 aliphatic rings. The summed E-state index contributed by atoms with van der Waals surface area (Å²) >= 11 is 9.94. The standard InChI is InChI=1S/C17H13BrClN/c18-15(14-6-2-3-7-16(14)19)11-13-10-9-12-5-1-4-8-17(12)20-13/h1-10,15H,11H2. The smallest absolute Gasteiger partial charge is 0.0705 e. The molecule has 3 heteroatoms. The lowest BCUT2D eigenvalue weighted by molar-refractivity contribution is 0.913. The quantitative estimate of drug-likeness (QED) is 0.565. The molecule has 1 aromatic heterocycles. The minimum Gasteiger partial charge on any atom is -0.253 e. The van der Waals surface area contributed by atoms with E-state index in [-0.39, 0.29) is 4.83 Å². The zero-order chi connectivity index (χ0) is 13.9. The van der Waals surface area contributed by atoms with Gasteiger partial charge in [-0.05, 0) is 23.8 Å². The van der Waals surface area contributed by atoms with Crippen molar-refractivity contribution in [3.63, 3.8) is 0 Å². The average Bonchev–Trinajstić information content (AvgIpc) is 2.47. The summed E-state index contributed by atoms with van der Waals surface area (Å²) in [7, 11) is 0. The molecule has 0 fully saturated rings. The molecular formula is C17H13BrClN. The van der Waals surface area contributed by atoms with Crippen molar-refractivity contribution < 1.29 is 0 Å². The number of alkyl halides is 1. The fourth-order valence-corrected chi connectivity index (χ4v) is 3.37. The van der Waals surface area contributed by atoms with Crippen molar-refractivity contribution >= 4 is 38.4 Å². The van der Waals surface area contributed by atoms with Gasteiger partial charge >= 0.3 is 0 Å². The van der Waals surface area contributed by atoms with Crippen LogP contribution in [0.2, 0.25) is 5.02 Å². The number of aromatic nitrogens is 1. The van der Waals surface area contributed by atoms with Gasteiger partial charge in [0.2, 0.25) is 0 Å². The lowest BCUT2D eigenvalue weighted by atomic mass is 10.1. The summed E-state index contributed by atoms with van der Waals surface area (Å²) < 4.78 is 0. The number of halogens is 2. The van der Waals surface area contributed by atoms with Gasteiger partial charge in [-0.1, -0.05) is 70.0 Å². The third-order valence-electron chi connectivity index (χ3n) is 3.29. The molecule has 0 radical (unpaired) electrons. The molecule has 0 amide bonds. The Morgan fingerprint density at radius 2 is 1.70 bits per heavy atom. The van der Waals surface area contributed by atoms with Gasteiger partial charge in [0.1, 0.15) is 0 Å². The Labute approximate surface area is 131 Å². The molecule has 0 aliphatic heterocycles. The first-order valence-electron chi connectivity index (χ1n) is 6.47. The molecule has 100 valence electrons. The van der Waals surface area contributed by atoms with Crippen LogP contribution in [0, 0.1) is 0 Å². The first-order valence-corrected chi connectivity index (χ1v) is 7.76. The van der Waals surface area contributed by atoms with Crippen LogP contribution in [0.1, 0.15) is 16.1 Å². The molecule has 0 spiro atoms. The Morgan fingerprint density at radius 1 is 0.950 bits per heavy atom. The van der Waals surface area contributed by atoms with E-state index in [4.69, 9.17) is 16.6 Å². The molecule has 1 unspecified atom stereocenters. The van der Waals surface area contributed by atoms with E-state index in [0.29, 0.717) is 0 Å². The molecule has 0 saturated carbocycles. The predicted molar refractivity (Wildman–Crippen MR) is 88.6 cm³/mol. The fourth-order valence-electron chi connectivity index (χ4n) is 2.24. The summed E-state index contributed by atoms with van der Waals surface area (Å²) in [6, 6.07) is 20.3. The number of para-hydroxylation sites is 1. The van der Waals surface area contributed by atoms with E-state index >= 15 is 0 Å². The summed E-state index contributed by atoms with van der Waals surface area (Å²) in [6.07, 6.45) is 0.814. The first kappa shape index (κ1) is 13.6. The van der Waals surface area contributed by atoms with Gasteiger partial charge in [0.05, 0.1) is 5.52 Å². The van der Waals surface area contributed by atoms with Gasteiger partial charge in [0.15, 0.2) is 0 Å². The van der Waals surface area contributed by atoms with Crippen LogP contribution >= 0.6 is 27.5 Å². The Morgan fingerprint density at radius 3 is 2.55 bits per heavy atom. The van der Waals surface area contributed by atoms with Gasteiger partial charge in [-0.25, -0.2) is 0 Å². The molecule has 1 atom stereocenters. The number of benzene rings is 2. The monoisotopic (exact) mass is 345 g/mol. The summed E-state index contributed by atoms with van der Waals surface area (Å²) in [4.78, 5) is 4.87. The number of hydrogen-bond donors (Lipinski definition) is 0. The van der Waals surface area contributed by atoms with E-state index in [1.165, 1.54) is 5.39 Å². The van der Waals surface area contributed by atoms with Crippen LogP contribution in [0.5, 0.6) is 0 Å². The molecule has 0 aliphatic carbocycles. The van der Waals surface area contributed by atoms with Gasteiger partial charge in [-0.3, -0.25) is 4.98 Å². The molecule has 3 aromatic rings. The second kappa shape index (κ2) is 5.94. The van der Waals surface area contributed by atoms with Crippen molar-refractivity contribution in [3.8, 4) is 0 Å². The predicted octanol–water partition coefficient (Wildman–Crippen LogP) is 5.57. The Bertz CT molecular complexity index is 742. The van der Waals surface area contributed by atoms with Crippen molar-refractivity contribution in [2.75, 3.05) is 0 Å². The first-order chi connectivity index (χ1) is 9.74. The lowest BCUT2D eigenvalue weighted by Gasteiger charge is -2.12. The third kappa shape index (κ3) is 2.87. The highest BCUT2D eigenvalue weighted by Gasteiger charge is 2.12. The third-order valence-corrected chi connectivity index (χ3v) is 4.45. The minimum atomic E-state index is 0.171. The van der Waals surface area contributed by atoms with Crippen LogP contribution in [0.15, 0.2) is 60.7 Å². The van der Waals surface area contributed by atoms with E-state index in [0.717, 1.165) is 28.2 Å². The van der Waals surface area contributed by atoms with Gasteiger partial charge in [-0.15, -0.1) is 0 Å². The van der Waals surface area contributed by atoms with Crippen molar-refractivity contribution in [2.45, 2.75) is 11.2 Å². The van der Waals surface area contributed by atoms with Crippen LogP contribution in [0.3, 0.4) is 0 Å². The molecule has 0 bridgehead atoms. The van der Waals surface area contributed by atoms with Crippen LogP contribution in [0.25, 0.3) is 10.9 Å². The summed E-state index contributed by atoms with van der Waals surface area (Å²) in [5.74, 6) is 0. The van der Waals surface area contributed by atoms with Gasteiger partial charge < -0.3 is 0 Å². The SMILES string of the molecule is Clc1ccccc1C(Br)Cc1ccc2ccccc2n1. The van der Waals surface area contributed by atoms with Crippen molar-refractivity contribution in [2.24, 2.45) is 0 Å². The summed E-state index contributed by atoms with van der Waals surface area (Å²) in [5, 5.41) is 1.95. The molecule has 20 heavy (non-hydrogen) atoms. The average molecular weight is 347 g/mol. The second-order valence-corrected chi connectivity index (χ2v) is 6.20. The van der Waals surface area contributed by atoms with E-state index in [1.807, 2.05) is 42.5 Å². The molecule has 1 nitrogen and oxygen atoms in total. The van der Waals surface area contributed by atoms with Crippen LogP contribution in [-0.4, -0.2) is 4.98 Å². The van der Waals surface area contributed by atoms with Crippen molar-refractivity contribution in [1.29, 1.82) is 0 Å². The maximum atomic E-state index is 6.23. The van der Waals surface area contributed by atoms with Crippen LogP contribution in [-0.2, 0) is 6.42 Å². The van der Waals surface area contributed by atoms with Gasteiger partial charge in [0, 0.05) is 27.4 Å². The van der Waals surface area contributed by atoms with Crippen molar-refractivity contribution in [1.82, 2.24) is 4.98 Å². The Kier molecular flexibility index (Phi) is 4.04. The van der Waals surface area contributed by atoms with Crippen LogP contribution < -0.4 is 0 Å². The highest BCUT2D eigenvalue weighted by Crippen LogP contribution is 2.32. The van der Waals surface area contributed by atoms with Crippen LogP contribution in [0.4, 0.5) is 0 Å². The molecule has 0 saturated heterocycles. The largest absolute Gasteiger partial charge is 0.253 e. The van der Waals surface area contributed by atoms with Gasteiger partial charge in [0.25, 0.3) is 0 Å². The minimum absolute atomic E-state index is 0.171. The fraction of sp³-hybridized carbons (Fsp3) is 0.118. The second-order valence-electron chi connectivity index (χ2n) is 4.69. The summed E-state index contributed by atoms with van der Waals surface area (Å²) in [6.45, 7) is 0. The number of pyridine rings is 1. The highest BCUT2D eigenvalue weighted by atomic mass is 79.9. The number of fused-ring (bicyclic) bond motifs is 1. The number of hydrogen-bond acceptors (Lipinski definition) is 1. The zero-order valence-corrected chi connectivity index (χ0v) is 13.1. The maximum Gasteiger partial charge on any atom is 0.0705 e. The van der Waals surface area contributed by atoms with Gasteiger partial charge in [-0.2, -0.15) is 0 Å². The normalized spacial score (nSPS) is 12.5. The Hall–Kier alpha value is -1.38. The highest BCUT2D eigenvalue weighted by molar-refractivity contribution is 9.09. The maximum absolute atomic E-state index is 6.23. The zero-order valence-electron chi connectivity index (χ0n) is 10.8. The van der Waals surface area contributed by atoms with Crippen molar-refractivity contribution in [3.05, 3.63) is 76.9 Å². The molecular weight excluding hydrogens is 334 g/mol. The number of nitrogens with zero attached hydrogens (tertiary/aromatic N) is 1. The van der Waals surface area contributed by atoms with E-state index in [1.54, 1.807) is 0 Å². The topological polar surface area (TPSA) is 12.9 Å². The van der Waals surface area contributed by atoms with E-state index < -0.39 is 0 Å². The molecule has 2 aromatic carbocycles. The molecule has 3 rings (SSSR count). The number of rotatable bonds is 3. The van der Waals surface area contributed by atoms with E-state index in [9.17, 15) is 0 Å².